The van der Waals surface area contributed by atoms with Gasteiger partial charge in [0.15, 0.2) is 0 Å². The van der Waals surface area contributed by atoms with E-state index < -0.39 is 0 Å². The van der Waals surface area contributed by atoms with Crippen LogP contribution in [0.4, 0.5) is 0 Å². The van der Waals surface area contributed by atoms with Crippen LogP contribution in [0.2, 0.25) is 5.02 Å². The molecule has 0 saturated heterocycles. The second-order valence-corrected chi connectivity index (χ2v) is 4.96. The van der Waals surface area contributed by atoms with E-state index >= 15 is 0 Å². The van der Waals surface area contributed by atoms with E-state index in [-0.39, 0.29) is 0 Å². The summed E-state index contributed by atoms with van der Waals surface area (Å²) in [6.07, 6.45) is 1.04. The lowest BCUT2D eigenvalue weighted by Gasteiger charge is -2.06. The highest BCUT2D eigenvalue weighted by Gasteiger charge is 2.01. The zero-order valence-electron chi connectivity index (χ0n) is 9.00. The minimum Gasteiger partial charge on any atom is -0.0843 e. The fourth-order valence-corrected chi connectivity index (χ4v) is 2.44. The summed E-state index contributed by atoms with van der Waals surface area (Å²) in [4.78, 5) is 0. The van der Waals surface area contributed by atoms with Crippen molar-refractivity contribution in [3.05, 3.63) is 57.5 Å². The molecule has 0 aliphatic rings. The molecule has 2 heteroatoms. The van der Waals surface area contributed by atoms with Gasteiger partial charge in [-0.05, 0) is 41.3 Å². The van der Waals surface area contributed by atoms with Crippen molar-refractivity contribution in [3.63, 3.8) is 0 Å². The van der Waals surface area contributed by atoms with Gasteiger partial charge in [0.1, 0.15) is 0 Å². The normalized spacial score (nSPS) is 10.4. The molecule has 0 saturated carbocycles. The second kappa shape index (κ2) is 5.03. The fourth-order valence-electron chi connectivity index (χ4n) is 1.66. The van der Waals surface area contributed by atoms with Crippen molar-refractivity contribution < 1.29 is 0 Å². The molecule has 0 bridgehead atoms. The van der Waals surface area contributed by atoms with Gasteiger partial charge in [-0.1, -0.05) is 58.7 Å². The topological polar surface area (TPSA) is 0 Å². The molecule has 0 atom stereocenters. The fraction of sp³-hybridized carbons (Fsp3) is 0.143. The minimum atomic E-state index is 0.771. The molecule has 0 radical (unpaired) electrons. The van der Waals surface area contributed by atoms with E-state index in [9.17, 15) is 0 Å². The predicted octanol–water partition coefficient (Wildman–Crippen LogP) is 5.33. The summed E-state index contributed by atoms with van der Waals surface area (Å²) >= 11 is 9.46. The standard InChI is InChI=1S/C14H12BrCl/c1-2-10-3-4-12(9-14(10)15)11-5-7-13(16)8-6-11/h3-9H,2H2,1H3. The van der Waals surface area contributed by atoms with Crippen LogP contribution in [0.15, 0.2) is 46.9 Å². The maximum atomic E-state index is 5.87. The Bertz CT molecular complexity index is 489. The Morgan fingerprint density at radius 2 is 1.62 bits per heavy atom. The smallest absolute Gasteiger partial charge is 0.0406 e. The van der Waals surface area contributed by atoms with Gasteiger partial charge in [-0.15, -0.1) is 0 Å². The number of rotatable bonds is 2. The summed E-state index contributed by atoms with van der Waals surface area (Å²) in [5, 5.41) is 0.771. The maximum absolute atomic E-state index is 5.87. The SMILES string of the molecule is CCc1ccc(-c2ccc(Cl)cc2)cc1Br. The Hall–Kier alpha value is -0.790. The lowest BCUT2D eigenvalue weighted by atomic mass is 10.0. The van der Waals surface area contributed by atoms with E-state index in [1.807, 2.05) is 24.3 Å². The summed E-state index contributed by atoms with van der Waals surface area (Å²) in [7, 11) is 0. The van der Waals surface area contributed by atoms with Gasteiger partial charge in [0.05, 0.1) is 0 Å². The molecule has 0 fully saturated rings. The zero-order valence-corrected chi connectivity index (χ0v) is 11.3. The molecule has 2 aromatic rings. The first-order valence-corrected chi connectivity index (χ1v) is 6.42. The van der Waals surface area contributed by atoms with Crippen LogP contribution < -0.4 is 0 Å². The van der Waals surface area contributed by atoms with Crippen LogP contribution in [0, 0.1) is 0 Å². The Morgan fingerprint density at radius 1 is 1.00 bits per heavy atom. The molecule has 16 heavy (non-hydrogen) atoms. The van der Waals surface area contributed by atoms with Gasteiger partial charge in [0, 0.05) is 9.50 Å². The molecule has 2 rings (SSSR count). The largest absolute Gasteiger partial charge is 0.0843 e. The first-order valence-electron chi connectivity index (χ1n) is 5.25. The summed E-state index contributed by atoms with van der Waals surface area (Å²) in [6, 6.07) is 14.4. The van der Waals surface area contributed by atoms with Gasteiger partial charge in [-0.25, -0.2) is 0 Å². The Balaban J connectivity index is 2.41. The molecule has 2 aromatic carbocycles. The number of benzene rings is 2. The summed E-state index contributed by atoms with van der Waals surface area (Å²) in [6.45, 7) is 2.15. The highest BCUT2D eigenvalue weighted by atomic mass is 79.9. The quantitative estimate of drug-likeness (QED) is 0.702. The van der Waals surface area contributed by atoms with E-state index in [1.54, 1.807) is 0 Å². The number of aryl methyl sites for hydroxylation is 1. The van der Waals surface area contributed by atoms with Gasteiger partial charge in [0.25, 0.3) is 0 Å². The molecule has 82 valence electrons. The number of hydrogen-bond donors (Lipinski definition) is 0. The molecule has 0 amide bonds. The third-order valence-electron chi connectivity index (χ3n) is 2.61. The van der Waals surface area contributed by atoms with Crippen LogP contribution in [0.1, 0.15) is 12.5 Å². The molecular formula is C14H12BrCl. The molecule has 0 N–H and O–H groups in total. The van der Waals surface area contributed by atoms with Crippen LogP contribution in [-0.4, -0.2) is 0 Å². The Labute approximate surface area is 109 Å². The summed E-state index contributed by atoms with van der Waals surface area (Å²) < 4.78 is 1.17. The van der Waals surface area contributed by atoms with Crippen LogP contribution in [0.3, 0.4) is 0 Å². The molecule has 0 unspecified atom stereocenters. The van der Waals surface area contributed by atoms with Gasteiger partial charge in [-0.3, -0.25) is 0 Å². The number of hydrogen-bond acceptors (Lipinski definition) is 0. The van der Waals surface area contributed by atoms with Gasteiger partial charge >= 0.3 is 0 Å². The summed E-state index contributed by atoms with van der Waals surface area (Å²) in [5.74, 6) is 0. The third-order valence-corrected chi connectivity index (χ3v) is 3.60. The highest BCUT2D eigenvalue weighted by molar-refractivity contribution is 9.10. The van der Waals surface area contributed by atoms with Crippen molar-refractivity contribution in [3.8, 4) is 11.1 Å². The van der Waals surface area contributed by atoms with E-state index in [1.165, 1.54) is 21.2 Å². The average Bonchev–Trinajstić information content (AvgIpc) is 2.30. The highest BCUT2D eigenvalue weighted by Crippen LogP contribution is 2.27. The van der Waals surface area contributed by atoms with E-state index in [2.05, 4.69) is 41.1 Å². The van der Waals surface area contributed by atoms with E-state index in [0.717, 1.165) is 11.4 Å². The van der Waals surface area contributed by atoms with Crippen molar-refractivity contribution in [1.82, 2.24) is 0 Å². The average molecular weight is 296 g/mol. The number of halogens is 2. The van der Waals surface area contributed by atoms with Crippen LogP contribution in [0.5, 0.6) is 0 Å². The summed E-state index contributed by atoms with van der Waals surface area (Å²) in [5.41, 5.74) is 3.73. The first-order chi connectivity index (χ1) is 7.70. The van der Waals surface area contributed by atoms with E-state index in [0.29, 0.717) is 0 Å². The molecule has 0 aromatic heterocycles. The van der Waals surface area contributed by atoms with Crippen molar-refractivity contribution in [2.75, 3.05) is 0 Å². The lowest BCUT2D eigenvalue weighted by Crippen LogP contribution is -1.84. The van der Waals surface area contributed by atoms with Crippen molar-refractivity contribution in [1.29, 1.82) is 0 Å². The van der Waals surface area contributed by atoms with Crippen LogP contribution in [0.25, 0.3) is 11.1 Å². The Morgan fingerprint density at radius 3 is 2.19 bits per heavy atom. The monoisotopic (exact) mass is 294 g/mol. The Kier molecular flexibility index (Phi) is 3.67. The van der Waals surface area contributed by atoms with Crippen molar-refractivity contribution in [2.24, 2.45) is 0 Å². The van der Waals surface area contributed by atoms with Gasteiger partial charge in [0.2, 0.25) is 0 Å². The molecule has 0 spiro atoms. The maximum Gasteiger partial charge on any atom is 0.0406 e. The zero-order chi connectivity index (χ0) is 11.5. The van der Waals surface area contributed by atoms with E-state index in [4.69, 9.17) is 11.6 Å². The lowest BCUT2D eigenvalue weighted by molar-refractivity contribution is 1.13. The van der Waals surface area contributed by atoms with Crippen molar-refractivity contribution >= 4 is 27.5 Å². The third kappa shape index (κ3) is 2.47. The molecule has 0 nitrogen and oxygen atoms in total. The van der Waals surface area contributed by atoms with Crippen LogP contribution in [-0.2, 0) is 6.42 Å². The molecule has 0 aliphatic heterocycles. The molecule has 0 aliphatic carbocycles. The first kappa shape index (κ1) is 11.7. The van der Waals surface area contributed by atoms with Gasteiger partial charge < -0.3 is 0 Å². The molecular weight excluding hydrogens is 284 g/mol. The van der Waals surface area contributed by atoms with Crippen molar-refractivity contribution in [2.45, 2.75) is 13.3 Å². The van der Waals surface area contributed by atoms with Gasteiger partial charge in [-0.2, -0.15) is 0 Å². The minimum absolute atomic E-state index is 0.771. The second-order valence-electron chi connectivity index (χ2n) is 3.67. The molecule has 0 heterocycles. The van der Waals surface area contributed by atoms with Crippen LogP contribution >= 0.6 is 27.5 Å². The predicted molar refractivity (Wildman–Crippen MR) is 74.0 cm³/mol.